The van der Waals surface area contributed by atoms with Crippen molar-refractivity contribution < 1.29 is 14.3 Å². The monoisotopic (exact) mass is 275 g/mol. The van der Waals surface area contributed by atoms with Crippen LogP contribution in [0.1, 0.15) is 41.0 Å². The fourth-order valence-electron chi connectivity index (χ4n) is 3.28. The standard InChI is InChI=1S/C16H21NO3/c1-11-3-4-14(12(2)17-11)15(18)13-5-7-20-16(9-13)6-8-19-10-16/h3-4,13H,5-10H2,1-2H3. The summed E-state index contributed by atoms with van der Waals surface area (Å²) < 4.78 is 11.4. The molecular weight excluding hydrogens is 254 g/mol. The molecule has 108 valence electrons. The summed E-state index contributed by atoms with van der Waals surface area (Å²) >= 11 is 0. The minimum Gasteiger partial charge on any atom is -0.378 e. The highest BCUT2D eigenvalue weighted by molar-refractivity contribution is 5.98. The zero-order valence-corrected chi connectivity index (χ0v) is 12.1. The molecule has 0 saturated carbocycles. The van der Waals surface area contributed by atoms with E-state index in [1.165, 1.54) is 0 Å². The van der Waals surface area contributed by atoms with Crippen LogP contribution >= 0.6 is 0 Å². The molecule has 0 N–H and O–H groups in total. The quantitative estimate of drug-likeness (QED) is 0.778. The molecule has 1 aromatic heterocycles. The predicted octanol–water partition coefficient (Wildman–Crippen LogP) is 2.47. The Bertz CT molecular complexity index is 520. The number of pyridine rings is 1. The van der Waals surface area contributed by atoms with Gasteiger partial charge in [-0.05, 0) is 38.8 Å². The van der Waals surface area contributed by atoms with Gasteiger partial charge in [0.05, 0.1) is 12.2 Å². The van der Waals surface area contributed by atoms with Gasteiger partial charge in [0.15, 0.2) is 5.78 Å². The molecule has 20 heavy (non-hydrogen) atoms. The number of ether oxygens (including phenoxy) is 2. The number of ketones is 1. The van der Waals surface area contributed by atoms with Gasteiger partial charge in [-0.1, -0.05) is 0 Å². The molecule has 0 radical (unpaired) electrons. The summed E-state index contributed by atoms with van der Waals surface area (Å²) in [5.41, 5.74) is 2.33. The van der Waals surface area contributed by atoms with Crippen molar-refractivity contribution in [3.05, 3.63) is 29.1 Å². The highest BCUT2D eigenvalue weighted by Gasteiger charge is 2.43. The van der Waals surface area contributed by atoms with Crippen LogP contribution in [0.3, 0.4) is 0 Å². The zero-order chi connectivity index (χ0) is 14.2. The second-order valence-electron chi connectivity index (χ2n) is 5.97. The first-order chi connectivity index (χ1) is 9.60. The Kier molecular flexibility index (Phi) is 3.61. The number of rotatable bonds is 2. The topological polar surface area (TPSA) is 48.4 Å². The number of carbonyl (C=O) groups is 1. The molecule has 2 aliphatic heterocycles. The summed E-state index contributed by atoms with van der Waals surface area (Å²) in [6.45, 7) is 5.88. The zero-order valence-electron chi connectivity index (χ0n) is 12.1. The first-order valence-corrected chi connectivity index (χ1v) is 7.30. The fourth-order valence-corrected chi connectivity index (χ4v) is 3.28. The van der Waals surface area contributed by atoms with Crippen LogP contribution in [0, 0.1) is 19.8 Å². The van der Waals surface area contributed by atoms with Gasteiger partial charge in [0.2, 0.25) is 0 Å². The molecule has 4 nitrogen and oxygen atoms in total. The van der Waals surface area contributed by atoms with Crippen molar-refractivity contribution in [2.24, 2.45) is 5.92 Å². The van der Waals surface area contributed by atoms with Crippen LogP contribution in [0.15, 0.2) is 12.1 Å². The maximum Gasteiger partial charge on any atom is 0.167 e. The Morgan fingerprint density at radius 3 is 2.90 bits per heavy atom. The predicted molar refractivity (Wildman–Crippen MR) is 74.9 cm³/mol. The summed E-state index contributed by atoms with van der Waals surface area (Å²) in [5.74, 6) is 0.248. The van der Waals surface area contributed by atoms with Crippen molar-refractivity contribution in [2.45, 2.75) is 38.7 Å². The molecule has 2 saturated heterocycles. The van der Waals surface area contributed by atoms with Crippen LogP contribution < -0.4 is 0 Å². The third-order valence-corrected chi connectivity index (χ3v) is 4.42. The molecule has 3 heterocycles. The largest absolute Gasteiger partial charge is 0.378 e. The first kappa shape index (κ1) is 13.7. The minimum atomic E-state index is -0.218. The van der Waals surface area contributed by atoms with E-state index in [0.717, 1.165) is 42.8 Å². The van der Waals surface area contributed by atoms with Gasteiger partial charge in [-0.25, -0.2) is 0 Å². The van der Waals surface area contributed by atoms with Gasteiger partial charge in [0.25, 0.3) is 0 Å². The summed E-state index contributed by atoms with van der Waals surface area (Å²) in [4.78, 5) is 17.1. The molecule has 2 atom stereocenters. The molecular formula is C16H21NO3. The van der Waals surface area contributed by atoms with Gasteiger partial charge >= 0.3 is 0 Å². The molecule has 3 rings (SSSR count). The number of hydrogen-bond acceptors (Lipinski definition) is 4. The maximum atomic E-state index is 12.7. The SMILES string of the molecule is Cc1ccc(C(=O)C2CCOC3(CCOC3)C2)c(C)n1. The van der Waals surface area contributed by atoms with E-state index in [4.69, 9.17) is 9.47 Å². The molecule has 0 amide bonds. The number of aromatic nitrogens is 1. The molecule has 1 aromatic rings. The van der Waals surface area contributed by atoms with Crippen LogP contribution in [0.2, 0.25) is 0 Å². The molecule has 2 unspecified atom stereocenters. The number of hydrogen-bond donors (Lipinski definition) is 0. The van der Waals surface area contributed by atoms with E-state index in [0.29, 0.717) is 13.2 Å². The van der Waals surface area contributed by atoms with E-state index in [2.05, 4.69) is 4.98 Å². The number of aryl methyl sites for hydroxylation is 2. The van der Waals surface area contributed by atoms with Gasteiger partial charge < -0.3 is 9.47 Å². The van der Waals surface area contributed by atoms with Crippen molar-refractivity contribution in [1.82, 2.24) is 4.98 Å². The highest BCUT2D eigenvalue weighted by atomic mass is 16.6. The molecule has 0 aliphatic carbocycles. The van der Waals surface area contributed by atoms with E-state index in [9.17, 15) is 4.79 Å². The van der Waals surface area contributed by atoms with Crippen molar-refractivity contribution in [1.29, 1.82) is 0 Å². The van der Waals surface area contributed by atoms with E-state index >= 15 is 0 Å². The van der Waals surface area contributed by atoms with Crippen LogP contribution in [0.4, 0.5) is 0 Å². The Labute approximate surface area is 119 Å². The summed E-state index contributed by atoms with van der Waals surface area (Å²) in [7, 11) is 0. The molecule has 4 heteroatoms. The van der Waals surface area contributed by atoms with Crippen LogP contribution in [-0.2, 0) is 9.47 Å². The lowest BCUT2D eigenvalue weighted by Gasteiger charge is -2.36. The van der Waals surface area contributed by atoms with Crippen molar-refractivity contribution in [3.8, 4) is 0 Å². The van der Waals surface area contributed by atoms with E-state index in [-0.39, 0.29) is 17.3 Å². The lowest BCUT2D eigenvalue weighted by atomic mass is 9.81. The summed E-state index contributed by atoms with van der Waals surface area (Å²) in [6.07, 6.45) is 2.48. The van der Waals surface area contributed by atoms with E-state index in [1.807, 2.05) is 26.0 Å². The fraction of sp³-hybridized carbons (Fsp3) is 0.625. The van der Waals surface area contributed by atoms with Gasteiger partial charge in [0, 0.05) is 42.5 Å². The minimum absolute atomic E-state index is 0.0358. The third kappa shape index (κ3) is 2.50. The first-order valence-electron chi connectivity index (χ1n) is 7.30. The normalized spacial score (nSPS) is 29.8. The molecule has 0 bridgehead atoms. The average molecular weight is 275 g/mol. The van der Waals surface area contributed by atoms with Gasteiger partial charge in [-0.15, -0.1) is 0 Å². The number of Topliss-reactive ketones (excluding diaryl/α,β-unsaturated/α-hetero) is 1. The van der Waals surface area contributed by atoms with E-state index in [1.54, 1.807) is 0 Å². The van der Waals surface area contributed by atoms with Crippen molar-refractivity contribution >= 4 is 5.78 Å². The third-order valence-electron chi connectivity index (χ3n) is 4.42. The van der Waals surface area contributed by atoms with Crippen molar-refractivity contribution in [3.63, 3.8) is 0 Å². The molecule has 2 aliphatic rings. The van der Waals surface area contributed by atoms with Crippen LogP contribution in [-0.4, -0.2) is 36.2 Å². The lowest BCUT2D eigenvalue weighted by Crippen LogP contribution is -2.42. The van der Waals surface area contributed by atoms with Crippen LogP contribution in [0.25, 0.3) is 0 Å². The number of nitrogens with zero attached hydrogens (tertiary/aromatic N) is 1. The van der Waals surface area contributed by atoms with Crippen LogP contribution in [0.5, 0.6) is 0 Å². The van der Waals surface area contributed by atoms with Gasteiger partial charge in [-0.2, -0.15) is 0 Å². The lowest BCUT2D eigenvalue weighted by molar-refractivity contribution is -0.0920. The molecule has 2 fully saturated rings. The van der Waals surface area contributed by atoms with E-state index < -0.39 is 0 Å². The summed E-state index contributed by atoms with van der Waals surface area (Å²) in [5, 5.41) is 0. The maximum absolute atomic E-state index is 12.7. The molecule has 1 spiro atoms. The Hall–Kier alpha value is -1.26. The summed E-state index contributed by atoms with van der Waals surface area (Å²) in [6, 6.07) is 3.82. The van der Waals surface area contributed by atoms with Gasteiger partial charge in [0.1, 0.15) is 0 Å². The second-order valence-corrected chi connectivity index (χ2v) is 5.97. The number of carbonyl (C=O) groups excluding carboxylic acids is 1. The Morgan fingerprint density at radius 2 is 2.20 bits per heavy atom. The van der Waals surface area contributed by atoms with Crippen molar-refractivity contribution in [2.75, 3.05) is 19.8 Å². The smallest absolute Gasteiger partial charge is 0.167 e. The molecule has 0 aromatic carbocycles. The average Bonchev–Trinajstić information content (AvgIpc) is 2.86. The Balaban J connectivity index is 1.79. The second kappa shape index (κ2) is 5.26. The highest BCUT2D eigenvalue weighted by Crippen LogP contribution is 2.37. The Morgan fingerprint density at radius 1 is 1.35 bits per heavy atom. The van der Waals surface area contributed by atoms with Gasteiger partial charge in [-0.3, -0.25) is 9.78 Å².